The smallest absolute Gasteiger partial charge is 0.306 e. The van der Waals surface area contributed by atoms with Gasteiger partial charge in [-0.05, 0) is 50.1 Å². The Labute approximate surface area is 129 Å². The van der Waals surface area contributed by atoms with Crippen molar-refractivity contribution in [3.05, 3.63) is 24.3 Å². The van der Waals surface area contributed by atoms with E-state index in [1.54, 1.807) is 23.7 Å². The van der Waals surface area contributed by atoms with Gasteiger partial charge in [-0.2, -0.15) is 0 Å². The summed E-state index contributed by atoms with van der Waals surface area (Å²) in [5.74, 6) is -0.971. The molecule has 0 saturated heterocycles. The Morgan fingerprint density at radius 1 is 1.19 bits per heavy atom. The molecule has 5 heteroatoms. The number of carboxylic acid groups (broad SMARTS) is 1. The lowest BCUT2D eigenvalue weighted by Gasteiger charge is -2.29. The van der Waals surface area contributed by atoms with E-state index in [-0.39, 0.29) is 17.7 Å². The molecule has 0 unspecified atom stereocenters. The number of carboxylic acids is 1. The van der Waals surface area contributed by atoms with Crippen molar-refractivity contribution in [1.29, 1.82) is 0 Å². The van der Waals surface area contributed by atoms with Gasteiger partial charge >= 0.3 is 5.97 Å². The molecule has 21 heavy (non-hydrogen) atoms. The third-order valence-electron chi connectivity index (χ3n) is 4.20. The number of amides is 1. The van der Waals surface area contributed by atoms with Crippen molar-refractivity contribution in [3.63, 3.8) is 0 Å². The van der Waals surface area contributed by atoms with Crippen LogP contribution in [0.25, 0.3) is 0 Å². The number of nitrogens with zero attached hydrogens (tertiary/aromatic N) is 1. The molecule has 0 heterocycles. The van der Waals surface area contributed by atoms with Crippen LogP contribution in [0.4, 0.5) is 5.69 Å². The normalized spacial score (nSPS) is 21.8. The van der Waals surface area contributed by atoms with Gasteiger partial charge in [0.15, 0.2) is 0 Å². The second-order valence-corrected chi connectivity index (χ2v) is 6.37. The fourth-order valence-electron chi connectivity index (χ4n) is 2.81. The Morgan fingerprint density at radius 2 is 1.81 bits per heavy atom. The summed E-state index contributed by atoms with van der Waals surface area (Å²) < 4.78 is 0. The van der Waals surface area contributed by atoms with E-state index in [4.69, 9.17) is 5.11 Å². The van der Waals surface area contributed by atoms with Crippen molar-refractivity contribution >= 4 is 29.3 Å². The van der Waals surface area contributed by atoms with E-state index in [0.717, 1.165) is 10.6 Å². The predicted molar refractivity (Wildman–Crippen MR) is 84.7 cm³/mol. The summed E-state index contributed by atoms with van der Waals surface area (Å²) in [7, 11) is 1.80. The van der Waals surface area contributed by atoms with Gasteiger partial charge in [0.1, 0.15) is 0 Å². The van der Waals surface area contributed by atoms with Crippen LogP contribution in [0.1, 0.15) is 25.7 Å². The maximum absolute atomic E-state index is 12.5. The number of aliphatic carboxylic acids is 1. The predicted octanol–water partition coefficient (Wildman–Crippen LogP) is 3.26. The van der Waals surface area contributed by atoms with Gasteiger partial charge in [0, 0.05) is 23.5 Å². The lowest BCUT2D eigenvalue weighted by Crippen LogP contribution is -2.35. The van der Waals surface area contributed by atoms with Crippen molar-refractivity contribution in [1.82, 2.24) is 0 Å². The van der Waals surface area contributed by atoms with Crippen LogP contribution in [-0.2, 0) is 9.59 Å². The molecule has 1 fully saturated rings. The van der Waals surface area contributed by atoms with E-state index >= 15 is 0 Å². The van der Waals surface area contributed by atoms with E-state index in [0.29, 0.717) is 25.7 Å². The molecular weight excluding hydrogens is 286 g/mol. The minimum Gasteiger partial charge on any atom is -0.481 e. The van der Waals surface area contributed by atoms with Gasteiger partial charge in [-0.15, -0.1) is 11.8 Å². The van der Waals surface area contributed by atoms with E-state index in [1.165, 1.54) is 0 Å². The van der Waals surface area contributed by atoms with Crippen LogP contribution in [0.15, 0.2) is 29.2 Å². The molecule has 114 valence electrons. The molecule has 1 aliphatic carbocycles. The fourth-order valence-corrected chi connectivity index (χ4v) is 3.26. The van der Waals surface area contributed by atoms with E-state index in [9.17, 15) is 9.59 Å². The molecule has 0 aromatic heterocycles. The second-order valence-electron chi connectivity index (χ2n) is 5.49. The molecule has 2 rings (SSSR count). The first-order valence-corrected chi connectivity index (χ1v) is 8.40. The summed E-state index contributed by atoms with van der Waals surface area (Å²) in [5.41, 5.74) is 0.896. The van der Waals surface area contributed by atoms with E-state index in [1.807, 2.05) is 30.5 Å². The van der Waals surface area contributed by atoms with Crippen molar-refractivity contribution in [2.75, 3.05) is 18.2 Å². The Hall–Kier alpha value is -1.49. The molecule has 0 spiro atoms. The third-order valence-corrected chi connectivity index (χ3v) is 4.92. The molecule has 0 aliphatic heterocycles. The first-order chi connectivity index (χ1) is 10.0. The zero-order chi connectivity index (χ0) is 15.4. The van der Waals surface area contributed by atoms with Gasteiger partial charge in [0.2, 0.25) is 5.91 Å². The third kappa shape index (κ3) is 3.79. The van der Waals surface area contributed by atoms with Crippen LogP contribution in [0.5, 0.6) is 0 Å². The number of hydrogen-bond donors (Lipinski definition) is 1. The van der Waals surface area contributed by atoms with Crippen molar-refractivity contribution in [2.45, 2.75) is 30.6 Å². The highest BCUT2D eigenvalue weighted by molar-refractivity contribution is 7.98. The van der Waals surface area contributed by atoms with Crippen LogP contribution in [0.3, 0.4) is 0 Å². The maximum atomic E-state index is 12.5. The molecule has 1 saturated carbocycles. The van der Waals surface area contributed by atoms with Gasteiger partial charge in [0.25, 0.3) is 0 Å². The highest BCUT2D eigenvalue weighted by atomic mass is 32.2. The number of hydrogen-bond acceptors (Lipinski definition) is 3. The van der Waals surface area contributed by atoms with E-state index in [2.05, 4.69) is 0 Å². The Balaban J connectivity index is 2.01. The van der Waals surface area contributed by atoms with Gasteiger partial charge in [-0.3, -0.25) is 9.59 Å². The number of carbonyl (C=O) groups is 2. The molecule has 0 radical (unpaired) electrons. The number of rotatable bonds is 4. The summed E-state index contributed by atoms with van der Waals surface area (Å²) in [6.45, 7) is 0. The van der Waals surface area contributed by atoms with Gasteiger partial charge < -0.3 is 10.0 Å². The minimum atomic E-state index is -0.734. The highest BCUT2D eigenvalue weighted by Gasteiger charge is 2.31. The summed E-state index contributed by atoms with van der Waals surface area (Å²) >= 11 is 1.65. The molecule has 1 aromatic rings. The summed E-state index contributed by atoms with van der Waals surface area (Å²) in [5, 5.41) is 9.01. The SMILES string of the molecule is CSc1cccc(N(C)C(=O)C2CCC(C(=O)O)CC2)c1. The van der Waals surface area contributed by atoms with Crippen LogP contribution in [-0.4, -0.2) is 30.3 Å². The largest absolute Gasteiger partial charge is 0.481 e. The van der Waals surface area contributed by atoms with Crippen molar-refractivity contribution < 1.29 is 14.7 Å². The minimum absolute atomic E-state index is 0.0523. The lowest BCUT2D eigenvalue weighted by atomic mass is 9.81. The first kappa shape index (κ1) is 15.9. The molecule has 1 aromatic carbocycles. The Morgan fingerprint density at radius 3 is 2.38 bits per heavy atom. The van der Waals surface area contributed by atoms with Gasteiger partial charge in [-0.25, -0.2) is 0 Å². The van der Waals surface area contributed by atoms with Crippen LogP contribution in [0.2, 0.25) is 0 Å². The van der Waals surface area contributed by atoms with E-state index < -0.39 is 5.97 Å². The molecule has 0 bridgehead atoms. The van der Waals surface area contributed by atoms with Crippen LogP contribution < -0.4 is 4.90 Å². The van der Waals surface area contributed by atoms with Crippen LogP contribution in [0, 0.1) is 11.8 Å². The first-order valence-electron chi connectivity index (χ1n) is 7.17. The average molecular weight is 307 g/mol. The quantitative estimate of drug-likeness (QED) is 0.867. The van der Waals surface area contributed by atoms with Crippen molar-refractivity contribution in [2.24, 2.45) is 11.8 Å². The highest BCUT2D eigenvalue weighted by Crippen LogP contribution is 2.31. The molecule has 1 amide bonds. The maximum Gasteiger partial charge on any atom is 0.306 e. The molecular formula is C16H21NO3S. The summed E-state index contributed by atoms with van der Waals surface area (Å²) in [6.07, 6.45) is 4.55. The summed E-state index contributed by atoms with van der Waals surface area (Å²) in [6, 6.07) is 7.91. The van der Waals surface area contributed by atoms with Gasteiger partial charge in [-0.1, -0.05) is 6.07 Å². The van der Waals surface area contributed by atoms with Gasteiger partial charge in [0.05, 0.1) is 5.92 Å². The number of thioether (sulfide) groups is 1. The van der Waals surface area contributed by atoms with Crippen LogP contribution >= 0.6 is 11.8 Å². The second kappa shape index (κ2) is 6.98. The lowest BCUT2D eigenvalue weighted by molar-refractivity contribution is -0.143. The zero-order valence-electron chi connectivity index (χ0n) is 12.4. The number of anilines is 1. The monoisotopic (exact) mass is 307 g/mol. The molecule has 1 aliphatic rings. The standard InChI is InChI=1S/C16H21NO3S/c1-17(13-4-3-5-14(10-13)21-2)15(18)11-6-8-12(9-7-11)16(19)20/h3-5,10-12H,6-9H2,1-2H3,(H,19,20). The fraction of sp³-hybridized carbons (Fsp3) is 0.500. The Kier molecular flexibility index (Phi) is 5.28. The number of carbonyl (C=O) groups excluding carboxylic acids is 1. The Bertz CT molecular complexity index is 524. The van der Waals surface area contributed by atoms with Crippen molar-refractivity contribution in [3.8, 4) is 0 Å². The average Bonchev–Trinajstić information content (AvgIpc) is 2.53. The zero-order valence-corrected chi connectivity index (χ0v) is 13.2. The molecule has 4 nitrogen and oxygen atoms in total. The molecule has 1 N–H and O–H groups in total. The summed E-state index contributed by atoms with van der Waals surface area (Å²) in [4.78, 5) is 26.3. The molecule has 0 atom stereocenters. The topological polar surface area (TPSA) is 57.6 Å². The number of benzene rings is 1.